The summed E-state index contributed by atoms with van der Waals surface area (Å²) in [5.74, 6) is 2.96. The lowest BCUT2D eigenvalue weighted by Gasteiger charge is -2.54. The molecule has 0 atom stereocenters. The van der Waals surface area contributed by atoms with Gasteiger partial charge in [-0.05, 0) is 87.6 Å². The van der Waals surface area contributed by atoms with E-state index in [0.717, 1.165) is 31.5 Å². The molecule has 1 saturated heterocycles. The third kappa shape index (κ3) is 4.97. The number of rotatable bonds is 9. The van der Waals surface area contributed by atoms with Gasteiger partial charge in [0.1, 0.15) is 5.56 Å². The number of likely N-dealkylation sites (tertiary alicyclic amines) is 1. The van der Waals surface area contributed by atoms with Crippen LogP contribution in [0.1, 0.15) is 69.2 Å². The maximum Gasteiger partial charge on any atom is 0.306 e. The number of carbonyl (C=O) groups is 2. The van der Waals surface area contributed by atoms with Crippen LogP contribution in [0.5, 0.6) is 5.88 Å². The van der Waals surface area contributed by atoms with Crippen LogP contribution in [-0.4, -0.2) is 63.9 Å². The SMILES string of the molecule is CC(C)COc1c(C(=O)NC2C3CC4CC(C3)CC2C4)cnn1CCN1CCC(C(=O)O)CC1. The molecular formula is C26H40N4O4. The monoisotopic (exact) mass is 472 g/mol. The van der Waals surface area contributed by atoms with Crippen molar-refractivity contribution in [2.75, 3.05) is 26.2 Å². The molecule has 0 unspecified atom stereocenters. The third-order valence-corrected chi connectivity index (χ3v) is 8.68. The van der Waals surface area contributed by atoms with Crippen LogP contribution < -0.4 is 10.1 Å². The van der Waals surface area contributed by atoms with Gasteiger partial charge in [-0.15, -0.1) is 0 Å². The second kappa shape index (κ2) is 9.88. The Bertz CT molecular complexity index is 861. The van der Waals surface area contributed by atoms with Crippen molar-refractivity contribution in [1.82, 2.24) is 20.0 Å². The summed E-state index contributed by atoms with van der Waals surface area (Å²) < 4.78 is 7.95. The Hall–Kier alpha value is -2.09. The molecule has 1 aromatic heterocycles. The Labute approximate surface area is 202 Å². The van der Waals surface area contributed by atoms with Gasteiger partial charge in [-0.25, -0.2) is 4.68 Å². The lowest BCUT2D eigenvalue weighted by molar-refractivity contribution is -0.143. The molecule has 0 aromatic carbocycles. The van der Waals surface area contributed by atoms with Gasteiger partial charge in [0.15, 0.2) is 0 Å². The highest BCUT2D eigenvalue weighted by atomic mass is 16.5. The topological polar surface area (TPSA) is 96.7 Å². The number of nitrogens with zero attached hydrogens (tertiary/aromatic N) is 3. The molecule has 8 nitrogen and oxygen atoms in total. The standard InChI is InChI=1S/C26H40N4O4/c1-16(2)15-34-25-22(14-27-30(25)8-7-29-5-3-19(4-6-29)26(32)33)24(31)28-23-20-10-17-9-18(12-20)13-21(23)11-17/h14,16-21,23H,3-13,15H2,1-2H3,(H,28,31)(H,32,33). The fraction of sp³-hybridized carbons (Fsp3) is 0.808. The van der Waals surface area contributed by atoms with Crippen LogP contribution in [0.3, 0.4) is 0 Å². The summed E-state index contributed by atoms with van der Waals surface area (Å²) in [6.07, 6.45) is 9.52. The fourth-order valence-electron chi connectivity index (χ4n) is 7.12. The number of carboxylic acid groups (broad SMARTS) is 1. The first-order valence-electron chi connectivity index (χ1n) is 13.3. The maximum absolute atomic E-state index is 13.4. The van der Waals surface area contributed by atoms with Crippen molar-refractivity contribution in [1.29, 1.82) is 0 Å². The molecule has 1 amide bonds. The summed E-state index contributed by atoms with van der Waals surface area (Å²) >= 11 is 0. The van der Waals surface area contributed by atoms with E-state index in [4.69, 9.17) is 4.74 Å². The van der Waals surface area contributed by atoms with E-state index in [1.54, 1.807) is 6.20 Å². The van der Waals surface area contributed by atoms with Crippen LogP contribution in [0.25, 0.3) is 0 Å². The molecule has 5 aliphatic rings. The van der Waals surface area contributed by atoms with E-state index < -0.39 is 5.97 Å². The second-order valence-corrected chi connectivity index (χ2v) is 11.7. The van der Waals surface area contributed by atoms with Crippen LogP contribution >= 0.6 is 0 Å². The maximum atomic E-state index is 13.4. The van der Waals surface area contributed by atoms with E-state index in [1.165, 1.54) is 32.1 Å². The molecular weight excluding hydrogens is 432 g/mol. The summed E-state index contributed by atoms with van der Waals surface area (Å²) in [5, 5.41) is 17.2. The summed E-state index contributed by atoms with van der Waals surface area (Å²) in [7, 11) is 0. The van der Waals surface area contributed by atoms with E-state index in [-0.39, 0.29) is 17.9 Å². The molecule has 34 heavy (non-hydrogen) atoms. The Morgan fingerprint density at radius 2 is 1.74 bits per heavy atom. The van der Waals surface area contributed by atoms with E-state index in [1.807, 2.05) is 4.68 Å². The Morgan fingerprint density at radius 3 is 2.32 bits per heavy atom. The van der Waals surface area contributed by atoms with E-state index >= 15 is 0 Å². The molecule has 2 N–H and O–H groups in total. The fourth-order valence-corrected chi connectivity index (χ4v) is 7.12. The number of hydrogen-bond donors (Lipinski definition) is 2. The van der Waals surface area contributed by atoms with Crippen LogP contribution in [0.2, 0.25) is 0 Å². The van der Waals surface area contributed by atoms with Crippen molar-refractivity contribution >= 4 is 11.9 Å². The molecule has 1 aliphatic heterocycles. The number of hydrogen-bond acceptors (Lipinski definition) is 5. The van der Waals surface area contributed by atoms with Gasteiger partial charge in [0, 0.05) is 12.6 Å². The van der Waals surface area contributed by atoms with Gasteiger partial charge in [-0.3, -0.25) is 9.59 Å². The normalized spacial score (nSPS) is 31.2. The molecule has 4 saturated carbocycles. The zero-order chi connectivity index (χ0) is 23.8. The molecule has 8 heteroatoms. The number of aliphatic carboxylic acids is 1. The first-order chi connectivity index (χ1) is 16.4. The van der Waals surface area contributed by atoms with Crippen molar-refractivity contribution in [3.8, 4) is 5.88 Å². The van der Waals surface area contributed by atoms with Crippen LogP contribution in [-0.2, 0) is 11.3 Å². The molecule has 1 aromatic rings. The second-order valence-electron chi connectivity index (χ2n) is 11.7. The smallest absolute Gasteiger partial charge is 0.306 e. The number of piperidine rings is 1. The first kappa shape index (κ1) is 23.6. The first-order valence-corrected chi connectivity index (χ1v) is 13.3. The number of amides is 1. The van der Waals surface area contributed by atoms with Gasteiger partial charge < -0.3 is 20.1 Å². The van der Waals surface area contributed by atoms with Crippen molar-refractivity contribution in [3.05, 3.63) is 11.8 Å². The summed E-state index contributed by atoms with van der Waals surface area (Å²) in [6, 6.07) is 0.289. The quantitative estimate of drug-likeness (QED) is 0.573. The highest BCUT2D eigenvalue weighted by molar-refractivity contribution is 5.96. The van der Waals surface area contributed by atoms with Crippen molar-refractivity contribution in [3.63, 3.8) is 0 Å². The van der Waals surface area contributed by atoms with E-state index in [0.29, 0.717) is 55.2 Å². The lowest BCUT2D eigenvalue weighted by atomic mass is 9.54. The summed E-state index contributed by atoms with van der Waals surface area (Å²) in [4.78, 5) is 26.9. The van der Waals surface area contributed by atoms with Gasteiger partial charge in [0.25, 0.3) is 5.91 Å². The van der Waals surface area contributed by atoms with Crippen LogP contribution in [0.4, 0.5) is 0 Å². The van der Waals surface area contributed by atoms with Gasteiger partial charge in [-0.2, -0.15) is 5.10 Å². The number of aromatic nitrogens is 2. The average molecular weight is 473 g/mol. The van der Waals surface area contributed by atoms with Crippen LogP contribution in [0.15, 0.2) is 6.20 Å². The van der Waals surface area contributed by atoms with Crippen LogP contribution in [0, 0.1) is 35.5 Å². The molecule has 0 radical (unpaired) electrons. The number of carbonyl (C=O) groups excluding carboxylic acids is 1. The largest absolute Gasteiger partial charge is 0.481 e. The third-order valence-electron chi connectivity index (χ3n) is 8.68. The predicted molar refractivity (Wildman–Crippen MR) is 128 cm³/mol. The Kier molecular flexibility index (Phi) is 6.87. The summed E-state index contributed by atoms with van der Waals surface area (Å²) in [5.41, 5.74) is 0.541. The van der Waals surface area contributed by atoms with E-state index in [9.17, 15) is 14.7 Å². The predicted octanol–water partition coefficient (Wildman–Crippen LogP) is 3.27. The van der Waals surface area contributed by atoms with Gasteiger partial charge in [-0.1, -0.05) is 13.8 Å². The number of carboxylic acids is 1. The molecule has 6 rings (SSSR count). The molecule has 5 fully saturated rings. The summed E-state index contributed by atoms with van der Waals surface area (Å²) in [6.45, 7) is 7.68. The number of ether oxygens (including phenoxy) is 1. The van der Waals surface area contributed by atoms with E-state index in [2.05, 4.69) is 29.2 Å². The molecule has 2 heterocycles. The zero-order valence-corrected chi connectivity index (χ0v) is 20.6. The van der Waals surface area contributed by atoms with Crippen molar-refractivity contribution < 1.29 is 19.4 Å². The highest BCUT2D eigenvalue weighted by Gasteiger charge is 2.48. The minimum atomic E-state index is -0.689. The number of nitrogens with one attached hydrogen (secondary N) is 1. The lowest BCUT2D eigenvalue weighted by Crippen LogP contribution is -2.55. The Balaban J connectivity index is 1.24. The Morgan fingerprint density at radius 1 is 1.09 bits per heavy atom. The molecule has 4 bridgehead atoms. The highest BCUT2D eigenvalue weighted by Crippen LogP contribution is 2.53. The van der Waals surface area contributed by atoms with Gasteiger partial charge >= 0.3 is 5.97 Å². The molecule has 4 aliphatic carbocycles. The van der Waals surface area contributed by atoms with Crippen molar-refractivity contribution in [2.24, 2.45) is 35.5 Å². The van der Waals surface area contributed by atoms with Gasteiger partial charge in [0.05, 0.1) is 25.3 Å². The van der Waals surface area contributed by atoms with Gasteiger partial charge in [0.2, 0.25) is 5.88 Å². The molecule has 188 valence electrons. The minimum absolute atomic E-state index is 0.0512. The molecule has 0 spiro atoms. The van der Waals surface area contributed by atoms with Crippen molar-refractivity contribution in [2.45, 2.75) is 71.4 Å². The zero-order valence-electron chi connectivity index (χ0n) is 20.6. The average Bonchev–Trinajstić information content (AvgIpc) is 3.21. The minimum Gasteiger partial charge on any atom is -0.481 e.